The van der Waals surface area contributed by atoms with Crippen LogP contribution in [-0.2, 0) is 14.8 Å². The van der Waals surface area contributed by atoms with Crippen LogP contribution in [0.5, 0.6) is 0 Å². The number of hydrogen-bond donors (Lipinski definition) is 2. The summed E-state index contributed by atoms with van der Waals surface area (Å²) in [4.78, 5) is 24.6. The lowest BCUT2D eigenvalue weighted by Gasteiger charge is -2.20. The van der Waals surface area contributed by atoms with Crippen molar-refractivity contribution in [2.75, 3.05) is 19.6 Å². The second-order valence-corrected chi connectivity index (χ2v) is 7.62. The molecule has 8 heteroatoms. The number of carbonyl (C=O) groups excluding carboxylic acids is 1. The van der Waals surface area contributed by atoms with E-state index in [9.17, 15) is 18.0 Å². The Morgan fingerprint density at radius 2 is 2.04 bits per heavy atom. The van der Waals surface area contributed by atoms with Crippen LogP contribution in [-0.4, -0.2) is 49.9 Å². The molecule has 2 N–H and O–H groups in total. The summed E-state index contributed by atoms with van der Waals surface area (Å²) in [5, 5.41) is 8.74. The Kier molecular flexibility index (Phi) is 5.95. The number of aliphatic carboxylic acids is 1. The number of nitrogens with one attached hydrogen (secondary N) is 1. The smallest absolute Gasteiger partial charge is 0.305 e. The number of benzene rings is 1. The van der Waals surface area contributed by atoms with Crippen molar-refractivity contribution >= 4 is 21.9 Å². The van der Waals surface area contributed by atoms with Crippen molar-refractivity contribution in [3.63, 3.8) is 0 Å². The van der Waals surface area contributed by atoms with Crippen molar-refractivity contribution in [3.8, 4) is 0 Å². The van der Waals surface area contributed by atoms with Gasteiger partial charge in [0, 0.05) is 25.2 Å². The molecule has 1 fully saturated rings. The maximum Gasteiger partial charge on any atom is 0.305 e. The van der Waals surface area contributed by atoms with Gasteiger partial charge in [-0.15, -0.1) is 0 Å². The summed E-state index contributed by atoms with van der Waals surface area (Å²) in [5.41, 5.74) is 0.233. The second kappa shape index (κ2) is 7.76. The first-order valence-corrected chi connectivity index (χ1v) is 9.42. The van der Waals surface area contributed by atoms with Crippen molar-refractivity contribution in [2.24, 2.45) is 5.92 Å². The van der Waals surface area contributed by atoms with Crippen LogP contribution in [0.15, 0.2) is 29.2 Å². The molecule has 0 heterocycles. The largest absolute Gasteiger partial charge is 0.481 e. The Bertz CT molecular complexity index is 713. The third-order valence-corrected chi connectivity index (χ3v) is 5.34. The first kappa shape index (κ1) is 18.4. The van der Waals surface area contributed by atoms with Crippen LogP contribution in [0, 0.1) is 5.92 Å². The van der Waals surface area contributed by atoms with Crippen molar-refractivity contribution < 1.29 is 23.1 Å². The molecule has 1 aliphatic rings. The summed E-state index contributed by atoms with van der Waals surface area (Å²) in [6.45, 7) is 2.60. The van der Waals surface area contributed by atoms with Gasteiger partial charge in [0.2, 0.25) is 10.0 Å². The summed E-state index contributed by atoms with van der Waals surface area (Å²) >= 11 is 0. The van der Waals surface area contributed by atoms with Crippen molar-refractivity contribution in [3.05, 3.63) is 29.8 Å². The fourth-order valence-corrected chi connectivity index (χ4v) is 3.41. The number of carbonyl (C=O) groups is 2. The van der Waals surface area contributed by atoms with Gasteiger partial charge < -0.3 is 10.0 Å². The first-order valence-electron chi connectivity index (χ1n) is 7.94. The fraction of sp³-hybridized carbons (Fsp3) is 0.500. The zero-order valence-electron chi connectivity index (χ0n) is 13.6. The van der Waals surface area contributed by atoms with E-state index in [1.54, 1.807) is 6.92 Å². The Morgan fingerprint density at radius 3 is 2.62 bits per heavy atom. The standard InChI is InChI=1S/C16H22N2O5S/c1-2-18(9-8-15(19)20)16(21)13-4-3-5-14(10-13)24(22,23)17-11-12-6-7-12/h3-5,10,12,17H,2,6-9,11H2,1H3,(H,19,20). The summed E-state index contributed by atoms with van der Waals surface area (Å²) in [6, 6.07) is 5.83. The molecule has 2 rings (SSSR count). The fourth-order valence-electron chi connectivity index (χ4n) is 2.25. The van der Waals surface area contributed by atoms with E-state index in [4.69, 9.17) is 5.11 Å². The highest BCUT2D eigenvalue weighted by molar-refractivity contribution is 7.89. The molecule has 1 saturated carbocycles. The molecule has 1 aliphatic carbocycles. The molecule has 0 aromatic heterocycles. The number of hydrogen-bond acceptors (Lipinski definition) is 4. The lowest BCUT2D eigenvalue weighted by molar-refractivity contribution is -0.137. The van der Waals surface area contributed by atoms with Crippen molar-refractivity contribution in [1.29, 1.82) is 0 Å². The van der Waals surface area contributed by atoms with Gasteiger partial charge in [0.1, 0.15) is 0 Å². The third kappa shape index (κ3) is 5.04. The van der Waals surface area contributed by atoms with Crippen LogP contribution >= 0.6 is 0 Å². The van der Waals surface area contributed by atoms with E-state index >= 15 is 0 Å². The molecular weight excluding hydrogens is 332 g/mol. The number of carboxylic acid groups (broad SMARTS) is 1. The van der Waals surface area contributed by atoms with E-state index < -0.39 is 16.0 Å². The molecule has 1 amide bonds. The van der Waals surface area contributed by atoms with Crippen LogP contribution in [0.1, 0.15) is 36.5 Å². The molecule has 0 unspecified atom stereocenters. The maximum atomic E-state index is 12.5. The van der Waals surface area contributed by atoms with E-state index in [0.717, 1.165) is 12.8 Å². The summed E-state index contributed by atoms with van der Waals surface area (Å²) in [7, 11) is -3.64. The van der Waals surface area contributed by atoms with Crippen molar-refractivity contribution in [1.82, 2.24) is 9.62 Å². The van der Waals surface area contributed by atoms with Crippen molar-refractivity contribution in [2.45, 2.75) is 31.1 Å². The first-order chi connectivity index (χ1) is 11.3. The molecular formula is C16H22N2O5S. The Morgan fingerprint density at radius 1 is 1.33 bits per heavy atom. The number of sulfonamides is 1. The van der Waals surface area contributed by atoms with Crippen LogP contribution in [0.25, 0.3) is 0 Å². The van der Waals surface area contributed by atoms with Crippen LogP contribution in [0.3, 0.4) is 0 Å². The monoisotopic (exact) mass is 354 g/mol. The molecule has 0 atom stereocenters. The highest BCUT2D eigenvalue weighted by atomic mass is 32.2. The van der Waals surface area contributed by atoms with Gasteiger partial charge in [-0.1, -0.05) is 6.07 Å². The highest BCUT2D eigenvalue weighted by Gasteiger charge is 2.25. The molecule has 0 spiro atoms. The number of amides is 1. The maximum absolute atomic E-state index is 12.5. The SMILES string of the molecule is CCN(CCC(=O)O)C(=O)c1cccc(S(=O)(=O)NCC2CC2)c1. The Hall–Kier alpha value is -1.93. The summed E-state index contributed by atoms with van der Waals surface area (Å²) in [5.74, 6) is -0.948. The summed E-state index contributed by atoms with van der Waals surface area (Å²) in [6.07, 6.45) is 1.92. The van der Waals surface area contributed by atoms with Crippen LogP contribution in [0.2, 0.25) is 0 Å². The van der Waals surface area contributed by atoms with E-state index in [0.29, 0.717) is 19.0 Å². The van der Waals surface area contributed by atoms with Crippen LogP contribution in [0.4, 0.5) is 0 Å². The molecule has 0 saturated heterocycles. The number of carboxylic acids is 1. The van der Waals surface area contributed by atoms with Gasteiger partial charge in [-0.25, -0.2) is 13.1 Å². The molecule has 0 radical (unpaired) electrons. The highest BCUT2D eigenvalue weighted by Crippen LogP contribution is 2.28. The zero-order chi connectivity index (χ0) is 17.7. The van der Waals surface area contributed by atoms with E-state index in [-0.39, 0.29) is 29.3 Å². The Labute approximate surface area is 141 Å². The minimum Gasteiger partial charge on any atom is -0.481 e. The molecule has 24 heavy (non-hydrogen) atoms. The molecule has 7 nitrogen and oxygen atoms in total. The zero-order valence-corrected chi connectivity index (χ0v) is 14.4. The number of nitrogens with zero attached hydrogens (tertiary/aromatic N) is 1. The molecule has 1 aromatic carbocycles. The van der Waals surface area contributed by atoms with Gasteiger partial charge in [0.05, 0.1) is 11.3 Å². The average Bonchev–Trinajstić information content (AvgIpc) is 3.37. The van der Waals surface area contributed by atoms with E-state index in [1.165, 1.54) is 29.2 Å². The summed E-state index contributed by atoms with van der Waals surface area (Å²) < 4.78 is 27.1. The predicted octanol–water partition coefficient (Wildman–Crippen LogP) is 1.31. The van der Waals surface area contributed by atoms with Gasteiger partial charge in [0.15, 0.2) is 0 Å². The molecule has 0 bridgehead atoms. The van der Waals surface area contributed by atoms with Gasteiger partial charge in [-0.05, 0) is 43.9 Å². The lowest BCUT2D eigenvalue weighted by Crippen LogP contribution is -2.33. The second-order valence-electron chi connectivity index (χ2n) is 5.85. The Balaban J connectivity index is 2.12. The lowest BCUT2D eigenvalue weighted by atomic mass is 10.2. The quantitative estimate of drug-likeness (QED) is 0.696. The average molecular weight is 354 g/mol. The van der Waals surface area contributed by atoms with Gasteiger partial charge in [-0.2, -0.15) is 0 Å². The third-order valence-electron chi connectivity index (χ3n) is 3.91. The molecule has 0 aliphatic heterocycles. The van der Waals surface area contributed by atoms with Gasteiger partial charge >= 0.3 is 5.97 Å². The van der Waals surface area contributed by atoms with Crippen LogP contribution < -0.4 is 4.72 Å². The van der Waals surface area contributed by atoms with E-state index in [1.807, 2.05) is 0 Å². The van der Waals surface area contributed by atoms with Gasteiger partial charge in [0.25, 0.3) is 5.91 Å². The minimum atomic E-state index is -3.64. The number of rotatable bonds is 9. The minimum absolute atomic E-state index is 0.0447. The topological polar surface area (TPSA) is 104 Å². The van der Waals surface area contributed by atoms with E-state index in [2.05, 4.69) is 4.72 Å². The predicted molar refractivity (Wildman–Crippen MR) is 88.2 cm³/mol. The molecule has 1 aromatic rings. The normalized spacial score (nSPS) is 14.4. The van der Waals surface area contributed by atoms with Gasteiger partial charge in [-0.3, -0.25) is 9.59 Å². The molecule has 132 valence electrons.